The van der Waals surface area contributed by atoms with Crippen molar-refractivity contribution in [3.8, 4) is 10.8 Å². The largest absolute Gasteiger partial charge is 0.420 e. The molecule has 0 aliphatic carbocycles. The van der Waals surface area contributed by atoms with Crippen LogP contribution in [0.2, 0.25) is 0 Å². The predicted molar refractivity (Wildman–Crippen MR) is 56.7 cm³/mol. The Bertz CT molecular complexity index is 385. The Labute approximate surface area is 90.7 Å². The molecular formula is C9H9ClN2OS. The van der Waals surface area contributed by atoms with Crippen LogP contribution in [0.25, 0.3) is 10.8 Å². The summed E-state index contributed by atoms with van der Waals surface area (Å²) in [6.45, 7) is 0. The van der Waals surface area contributed by atoms with Crippen molar-refractivity contribution in [2.24, 2.45) is 0 Å². The molecule has 0 aliphatic rings. The lowest BCUT2D eigenvalue weighted by Crippen LogP contribution is -1.85. The molecule has 0 amide bonds. The Kier molecular flexibility index (Phi) is 3.16. The standard InChI is InChI=1S/C9H9ClN2OS/c10-5-1-4-8-11-12-9(13-8)7-3-2-6-14-7/h2-3,6H,1,4-5H2. The first-order chi connectivity index (χ1) is 6.90. The van der Waals surface area contributed by atoms with Gasteiger partial charge in [-0.25, -0.2) is 0 Å². The molecule has 0 fully saturated rings. The van der Waals surface area contributed by atoms with Crippen molar-refractivity contribution in [3.05, 3.63) is 23.4 Å². The van der Waals surface area contributed by atoms with Crippen LogP contribution in [0.4, 0.5) is 0 Å². The van der Waals surface area contributed by atoms with Crippen LogP contribution >= 0.6 is 22.9 Å². The molecule has 2 aromatic heterocycles. The molecule has 0 unspecified atom stereocenters. The summed E-state index contributed by atoms with van der Waals surface area (Å²) in [6.07, 6.45) is 1.62. The van der Waals surface area contributed by atoms with Crippen molar-refractivity contribution in [1.29, 1.82) is 0 Å². The molecule has 2 aromatic rings. The lowest BCUT2D eigenvalue weighted by molar-refractivity contribution is 0.503. The van der Waals surface area contributed by atoms with Crippen LogP contribution < -0.4 is 0 Å². The molecule has 0 radical (unpaired) electrons. The van der Waals surface area contributed by atoms with Gasteiger partial charge in [0.25, 0.3) is 5.89 Å². The molecule has 0 atom stereocenters. The van der Waals surface area contributed by atoms with Crippen LogP contribution in [-0.4, -0.2) is 16.1 Å². The van der Waals surface area contributed by atoms with Gasteiger partial charge in [-0.2, -0.15) is 0 Å². The Hall–Kier alpha value is -0.870. The Morgan fingerprint density at radius 2 is 2.36 bits per heavy atom. The maximum absolute atomic E-state index is 5.57. The molecule has 0 aromatic carbocycles. The van der Waals surface area contributed by atoms with E-state index in [1.165, 1.54) is 0 Å². The number of aryl methyl sites for hydroxylation is 1. The fourth-order valence-electron chi connectivity index (χ4n) is 1.07. The minimum atomic E-state index is 0.601. The van der Waals surface area contributed by atoms with Gasteiger partial charge in [0.05, 0.1) is 4.88 Å². The van der Waals surface area contributed by atoms with Gasteiger partial charge in [0, 0.05) is 12.3 Å². The Balaban J connectivity index is 2.10. The van der Waals surface area contributed by atoms with E-state index in [9.17, 15) is 0 Å². The Morgan fingerprint density at radius 3 is 3.07 bits per heavy atom. The summed E-state index contributed by atoms with van der Waals surface area (Å²) < 4.78 is 5.46. The predicted octanol–water partition coefficient (Wildman–Crippen LogP) is 2.97. The summed E-state index contributed by atoms with van der Waals surface area (Å²) in [5, 5.41) is 9.89. The van der Waals surface area contributed by atoms with Crippen molar-refractivity contribution in [2.75, 3.05) is 5.88 Å². The van der Waals surface area contributed by atoms with Gasteiger partial charge >= 0.3 is 0 Å². The highest BCUT2D eigenvalue weighted by molar-refractivity contribution is 7.13. The van der Waals surface area contributed by atoms with Gasteiger partial charge in [-0.15, -0.1) is 33.1 Å². The summed E-state index contributed by atoms with van der Waals surface area (Å²) in [7, 11) is 0. The number of rotatable bonds is 4. The molecule has 0 aliphatic heterocycles. The van der Waals surface area contributed by atoms with Gasteiger partial charge in [-0.1, -0.05) is 6.07 Å². The second-order valence-corrected chi connectivity index (χ2v) is 4.10. The molecule has 0 saturated heterocycles. The highest BCUT2D eigenvalue weighted by atomic mass is 35.5. The highest BCUT2D eigenvalue weighted by Gasteiger charge is 2.08. The van der Waals surface area contributed by atoms with Crippen LogP contribution in [0, 0.1) is 0 Å². The maximum atomic E-state index is 5.57. The lowest BCUT2D eigenvalue weighted by atomic mass is 10.3. The molecule has 5 heteroatoms. The zero-order valence-corrected chi connectivity index (χ0v) is 9.01. The van der Waals surface area contributed by atoms with Crippen molar-refractivity contribution in [2.45, 2.75) is 12.8 Å². The highest BCUT2D eigenvalue weighted by Crippen LogP contribution is 2.23. The van der Waals surface area contributed by atoms with Crippen molar-refractivity contribution in [3.63, 3.8) is 0 Å². The molecule has 14 heavy (non-hydrogen) atoms. The monoisotopic (exact) mass is 228 g/mol. The van der Waals surface area contributed by atoms with Gasteiger partial charge in [0.1, 0.15) is 0 Å². The first kappa shape index (κ1) is 9.68. The summed E-state index contributed by atoms with van der Waals surface area (Å²) in [5.74, 6) is 1.88. The van der Waals surface area contributed by atoms with E-state index in [0.29, 0.717) is 17.7 Å². The minimum absolute atomic E-state index is 0.601. The second kappa shape index (κ2) is 4.57. The van der Waals surface area contributed by atoms with E-state index in [-0.39, 0.29) is 0 Å². The average Bonchev–Trinajstić information content (AvgIpc) is 2.85. The van der Waals surface area contributed by atoms with Crippen molar-refractivity contribution in [1.82, 2.24) is 10.2 Å². The molecule has 0 N–H and O–H groups in total. The third-order valence-corrected chi connectivity index (χ3v) is 2.85. The summed E-state index contributed by atoms with van der Waals surface area (Å²) in [6, 6.07) is 3.92. The molecule has 2 heterocycles. The van der Waals surface area contributed by atoms with E-state index in [2.05, 4.69) is 10.2 Å². The number of hydrogen-bond acceptors (Lipinski definition) is 4. The summed E-state index contributed by atoms with van der Waals surface area (Å²) in [5.41, 5.74) is 0. The van der Waals surface area contributed by atoms with E-state index in [1.54, 1.807) is 11.3 Å². The zero-order valence-electron chi connectivity index (χ0n) is 7.44. The number of alkyl halides is 1. The first-order valence-corrected chi connectivity index (χ1v) is 5.74. The molecular weight excluding hydrogens is 220 g/mol. The topological polar surface area (TPSA) is 38.9 Å². The van der Waals surface area contributed by atoms with Crippen LogP contribution in [-0.2, 0) is 6.42 Å². The van der Waals surface area contributed by atoms with Crippen molar-refractivity contribution < 1.29 is 4.42 Å². The zero-order chi connectivity index (χ0) is 9.80. The first-order valence-electron chi connectivity index (χ1n) is 4.32. The molecule has 0 spiro atoms. The molecule has 3 nitrogen and oxygen atoms in total. The SMILES string of the molecule is ClCCCc1nnc(-c2cccs2)o1. The fraction of sp³-hybridized carbons (Fsp3) is 0.333. The minimum Gasteiger partial charge on any atom is -0.420 e. The third-order valence-electron chi connectivity index (χ3n) is 1.72. The van der Waals surface area contributed by atoms with E-state index < -0.39 is 0 Å². The quantitative estimate of drug-likeness (QED) is 0.756. The molecule has 0 saturated carbocycles. The fourth-order valence-corrected chi connectivity index (χ4v) is 1.85. The average molecular weight is 229 g/mol. The van der Waals surface area contributed by atoms with E-state index >= 15 is 0 Å². The van der Waals surface area contributed by atoms with Crippen LogP contribution in [0.1, 0.15) is 12.3 Å². The number of thiophene rings is 1. The van der Waals surface area contributed by atoms with E-state index in [0.717, 1.165) is 17.7 Å². The van der Waals surface area contributed by atoms with Gasteiger partial charge in [-0.3, -0.25) is 0 Å². The number of aromatic nitrogens is 2. The summed E-state index contributed by atoms with van der Waals surface area (Å²) in [4.78, 5) is 1.01. The smallest absolute Gasteiger partial charge is 0.257 e. The van der Waals surface area contributed by atoms with Gasteiger partial charge in [0.15, 0.2) is 0 Å². The van der Waals surface area contributed by atoms with Crippen molar-refractivity contribution >= 4 is 22.9 Å². The molecule has 74 valence electrons. The number of halogens is 1. The number of hydrogen-bond donors (Lipinski definition) is 0. The van der Waals surface area contributed by atoms with E-state index in [1.807, 2.05) is 17.5 Å². The van der Waals surface area contributed by atoms with E-state index in [4.69, 9.17) is 16.0 Å². The normalized spacial score (nSPS) is 10.6. The number of nitrogens with zero attached hydrogens (tertiary/aromatic N) is 2. The van der Waals surface area contributed by atoms with Crippen LogP contribution in [0.15, 0.2) is 21.9 Å². The lowest BCUT2D eigenvalue weighted by Gasteiger charge is -1.88. The second-order valence-electron chi connectivity index (χ2n) is 2.77. The maximum Gasteiger partial charge on any atom is 0.257 e. The summed E-state index contributed by atoms with van der Waals surface area (Å²) >= 11 is 7.16. The van der Waals surface area contributed by atoms with Gasteiger partial charge < -0.3 is 4.42 Å². The van der Waals surface area contributed by atoms with Crippen LogP contribution in [0.3, 0.4) is 0 Å². The van der Waals surface area contributed by atoms with Crippen LogP contribution in [0.5, 0.6) is 0 Å². The Morgan fingerprint density at radius 1 is 1.43 bits per heavy atom. The van der Waals surface area contributed by atoms with Gasteiger partial charge in [-0.05, 0) is 17.9 Å². The molecule has 0 bridgehead atoms. The third kappa shape index (κ3) is 2.13. The van der Waals surface area contributed by atoms with Gasteiger partial charge in [0.2, 0.25) is 5.89 Å². The molecule has 2 rings (SSSR count).